The molecule has 3 aromatic carbocycles. The zero-order chi connectivity index (χ0) is 26.9. The number of carbonyl (C=O) groups excluding carboxylic acids is 3. The van der Waals surface area contributed by atoms with Crippen LogP contribution in [-0.4, -0.2) is 29.3 Å². The number of hydrogen-bond donors (Lipinski definition) is 3. The summed E-state index contributed by atoms with van der Waals surface area (Å²) in [6.07, 6.45) is 4.12. The summed E-state index contributed by atoms with van der Waals surface area (Å²) >= 11 is 7.65. The minimum Gasteiger partial charge on any atom is -0.360 e. The van der Waals surface area contributed by atoms with Gasteiger partial charge in [0.15, 0.2) is 0 Å². The summed E-state index contributed by atoms with van der Waals surface area (Å²) < 4.78 is 1.03. The van der Waals surface area contributed by atoms with E-state index in [1.54, 1.807) is 41.4 Å². The van der Waals surface area contributed by atoms with Crippen LogP contribution in [0.15, 0.2) is 79.0 Å². The molecule has 3 heterocycles. The van der Waals surface area contributed by atoms with Gasteiger partial charge in [-0.2, -0.15) is 0 Å². The normalized spacial score (nSPS) is 14.5. The number of anilines is 2. The third-order valence-electron chi connectivity index (χ3n) is 6.93. The van der Waals surface area contributed by atoms with E-state index in [0.717, 1.165) is 44.4 Å². The second-order valence-electron chi connectivity index (χ2n) is 9.53. The topological polar surface area (TPSA) is 94.3 Å². The molecule has 3 N–H and O–H groups in total. The molecule has 1 atom stereocenters. The van der Waals surface area contributed by atoms with E-state index in [1.165, 1.54) is 11.3 Å². The molecular weight excluding hydrogens is 532 g/mol. The Morgan fingerprint density at radius 3 is 2.62 bits per heavy atom. The molecule has 2 aromatic heterocycles. The average Bonchev–Trinajstić information content (AvgIpc) is 3.55. The van der Waals surface area contributed by atoms with Crippen LogP contribution in [0.5, 0.6) is 0 Å². The fraction of sp³-hybridized carbons (Fsp3) is 0.167. The van der Waals surface area contributed by atoms with Gasteiger partial charge in [-0.25, -0.2) is 0 Å². The summed E-state index contributed by atoms with van der Waals surface area (Å²) in [5.74, 6) is -0.620. The van der Waals surface area contributed by atoms with Gasteiger partial charge in [0.2, 0.25) is 5.91 Å². The van der Waals surface area contributed by atoms with Gasteiger partial charge in [0.25, 0.3) is 11.8 Å². The second kappa shape index (κ2) is 10.6. The number of halogens is 1. The van der Waals surface area contributed by atoms with E-state index in [9.17, 15) is 14.4 Å². The van der Waals surface area contributed by atoms with Gasteiger partial charge in [-0.15, -0.1) is 11.3 Å². The molecule has 0 radical (unpaired) electrons. The molecule has 1 saturated heterocycles. The molecule has 39 heavy (non-hydrogen) atoms. The highest BCUT2D eigenvalue weighted by Crippen LogP contribution is 2.32. The SMILES string of the molecule is O=C(NC(C(=O)Nc1ccc(N2CCCCC2=O)cc1)c1cc2ccccc2s1)c1ccc2c(Cl)c[nH]c2c1. The predicted octanol–water partition coefficient (Wildman–Crippen LogP) is 6.66. The molecular formula is C30H25ClN4O3S. The lowest BCUT2D eigenvalue weighted by Gasteiger charge is -2.27. The van der Waals surface area contributed by atoms with Crippen molar-refractivity contribution in [1.82, 2.24) is 10.3 Å². The highest BCUT2D eigenvalue weighted by Gasteiger charge is 2.26. The van der Waals surface area contributed by atoms with Crippen LogP contribution in [0.1, 0.15) is 40.5 Å². The number of aromatic amines is 1. The summed E-state index contributed by atoms with van der Waals surface area (Å²) in [5.41, 5.74) is 2.54. The van der Waals surface area contributed by atoms with Gasteiger partial charge in [0, 0.05) is 56.6 Å². The zero-order valence-corrected chi connectivity index (χ0v) is 22.4. The first-order chi connectivity index (χ1) is 19.0. The standard InChI is InChI=1S/C30H25ClN4O3S/c31-23-17-32-24-15-19(8-13-22(23)24)29(37)34-28(26-16-18-5-1-2-6-25(18)39-26)30(38)33-20-9-11-21(12-10-20)35-14-4-3-7-27(35)36/h1-2,5-6,8-13,15-17,28,32H,3-4,7,14H2,(H,33,38)(H,34,37). The van der Waals surface area contributed by atoms with Crippen LogP contribution in [0.3, 0.4) is 0 Å². The fourth-order valence-corrected chi connectivity index (χ4v) is 6.21. The van der Waals surface area contributed by atoms with Gasteiger partial charge in [-0.05, 0) is 66.8 Å². The van der Waals surface area contributed by atoms with Crippen molar-refractivity contribution < 1.29 is 14.4 Å². The predicted molar refractivity (Wildman–Crippen MR) is 157 cm³/mol. The molecule has 3 amide bonds. The Kier molecular flexibility index (Phi) is 6.81. The van der Waals surface area contributed by atoms with Gasteiger partial charge < -0.3 is 20.5 Å². The number of thiophene rings is 1. The van der Waals surface area contributed by atoms with E-state index >= 15 is 0 Å². The van der Waals surface area contributed by atoms with Crippen LogP contribution in [0.2, 0.25) is 5.02 Å². The summed E-state index contributed by atoms with van der Waals surface area (Å²) in [4.78, 5) is 44.8. The molecule has 0 aliphatic carbocycles. The van der Waals surface area contributed by atoms with Crippen molar-refractivity contribution >= 4 is 73.0 Å². The third kappa shape index (κ3) is 5.13. The number of benzene rings is 3. The first-order valence-electron chi connectivity index (χ1n) is 12.7. The van der Waals surface area contributed by atoms with Crippen molar-refractivity contribution in [1.29, 1.82) is 0 Å². The van der Waals surface area contributed by atoms with Gasteiger partial charge in [-0.3, -0.25) is 14.4 Å². The Morgan fingerprint density at radius 1 is 1.00 bits per heavy atom. The van der Waals surface area contributed by atoms with Crippen LogP contribution in [0.25, 0.3) is 21.0 Å². The maximum atomic E-state index is 13.6. The quantitative estimate of drug-likeness (QED) is 0.218. The van der Waals surface area contributed by atoms with Crippen LogP contribution < -0.4 is 15.5 Å². The number of H-pyrrole nitrogens is 1. The van der Waals surface area contributed by atoms with Crippen molar-refractivity contribution in [3.63, 3.8) is 0 Å². The zero-order valence-electron chi connectivity index (χ0n) is 20.9. The smallest absolute Gasteiger partial charge is 0.252 e. The van der Waals surface area contributed by atoms with Gasteiger partial charge in [0.05, 0.1) is 5.02 Å². The summed E-state index contributed by atoms with van der Waals surface area (Å²) in [6, 6.07) is 21.3. The lowest BCUT2D eigenvalue weighted by atomic mass is 10.1. The molecule has 9 heteroatoms. The molecule has 1 fully saturated rings. The molecule has 6 rings (SSSR count). The molecule has 0 bridgehead atoms. The molecule has 0 spiro atoms. The lowest BCUT2D eigenvalue weighted by Crippen LogP contribution is -2.36. The van der Waals surface area contributed by atoms with Gasteiger partial charge >= 0.3 is 0 Å². The Labute approximate surface area is 233 Å². The molecule has 7 nitrogen and oxygen atoms in total. The van der Waals surface area contributed by atoms with Crippen LogP contribution in [-0.2, 0) is 9.59 Å². The molecule has 1 aliphatic heterocycles. The van der Waals surface area contributed by atoms with E-state index in [2.05, 4.69) is 15.6 Å². The van der Waals surface area contributed by atoms with Crippen LogP contribution in [0.4, 0.5) is 11.4 Å². The fourth-order valence-electron chi connectivity index (χ4n) is 4.88. The number of piperidine rings is 1. The van der Waals surface area contributed by atoms with Crippen LogP contribution >= 0.6 is 22.9 Å². The Bertz CT molecular complexity index is 1680. The summed E-state index contributed by atoms with van der Waals surface area (Å²) in [5, 5.41) is 8.27. The summed E-state index contributed by atoms with van der Waals surface area (Å²) in [7, 11) is 0. The van der Waals surface area contributed by atoms with Crippen molar-refractivity contribution in [3.05, 3.63) is 94.5 Å². The van der Waals surface area contributed by atoms with Crippen LogP contribution in [0, 0.1) is 0 Å². The average molecular weight is 557 g/mol. The second-order valence-corrected chi connectivity index (χ2v) is 11.1. The van der Waals surface area contributed by atoms with Crippen molar-refractivity contribution in [2.24, 2.45) is 0 Å². The van der Waals surface area contributed by atoms with Gasteiger partial charge in [0.1, 0.15) is 6.04 Å². The number of aromatic nitrogens is 1. The van der Waals surface area contributed by atoms with E-state index in [-0.39, 0.29) is 17.7 Å². The Hall–Kier alpha value is -4.14. The molecule has 1 aliphatic rings. The highest BCUT2D eigenvalue weighted by atomic mass is 35.5. The number of nitrogens with one attached hydrogen (secondary N) is 3. The number of fused-ring (bicyclic) bond motifs is 2. The third-order valence-corrected chi connectivity index (χ3v) is 8.42. The number of carbonyl (C=O) groups is 3. The lowest BCUT2D eigenvalue weighted by molar-refractivity contribution is -0.119. The number of rotatable bonds is 6. The minimum atomic E-state index is -0.916. The van der Waals surface area contributed by atoms with Gasteiger partial charge in [-0.1, -0.05) is 35.9 Å². The van der Waals surface area contributed by atoms with E-state index < -0.39 is 6.04 Å². The Morgan fingerprint density at radius 2 is 1.82 bits per heavy atom. The molecule has 0 saturated carbocycles. The molecule has 1 unspecified atom stereocenters. The first-order valence-corrected chi connectivity index (χ1v) is 13.9. The molecule has 196 valence electrons. The highest BCUT2D eigenvalue weighted by molar-refractivity contribution is 7.19. The van der Waals surface area contributed by atoms with E-state index in [4.69, 9.17) is 11.6 Å². The van der Waals surface area contributed by atoms with Crippen molar-refractivity contribution in [3.8, 4) is 0 Å². The minimum absolute atomic E-state index is 0.116. The first kappa shape index (κ1) is 25.2. The largest absolute Gasteiger partial charge is 0.360 e. The van der Waals surface area contributed by atoms with Crippen molar-refractivity contribution in [2.45, 2.75) is 25.3 Å². The summed E-state index contributed by atoms with van der Waals surface area (Å²) in [6.45, 7) is 0.699. The maximum absolute atomic E-state index is 13.6. The number of amides is 3. The van der Waals surface area contributed by atoms with E-state index in [0.29, 0.717) is 29.2 Å². The number of hydrogen-bond acceptors (Lipinski definition) is 4. The maximum Gasteiger partial charge on any atom is 0.252 e. The van der Waals surface area contributed by atoms with E-state index in [1.807, 2.05) is 42.5 Å². The monoisotopic (exact) mass is 556 g/mol. The van der Waals surface area contributed by atoms with Crippen molar-refractivity contribution in [2.75, 3.05) is 16.8 Å². The Balaban J connectivity index is 1.26. The molecule has 5 aromatic rings. The number of nitrogens with zero attached hydrogens (tertiary/aromatic N) is 1.